The van der Waals surface area contributed by atoms with Gasteiger partial charge in [0.15, 0.2) is 0 Å². The van der Waals surface area contributed by atoms with Gasteiger partial charge in [0.2, 0.25) is 0 Å². The Labute approximate surface area is 200 Å². The van der Waals surface area contributed by atoms with Gasteiger partial charge in [-0.05, 0) is 57.7 Å². The second-order valence-corrected chi connectivity index (χ2v) is 10.8. The van der Waals surface area contributed by atoms with Crippen LogP contribution in [0.25, 0.3) is 0 Å². The van der Waals surface area contributed by atoms with Crippen LogP contribution in [-0.4, -0.2) is 52.7 Å². The van der Waals surface area contributed by atoms with Crippen molar-refractivity contribution >= 4 is 17.8 Å². The summed E-state index contributed by atoms with van der Waals surface area (Å²) in [6.45, 7) is 9.68. The van der Waals surface area contributed by atoms with Crippen molar-refractivity contribution in [3.8, 4) is 0 Å². The lowest BCUT2D eigenvalue weighted by Crippen LogP contribution is -2.79. The second kappa shape index (κ2) is 11.3. The minimum Gasteiger partial charge on any atom is -0.444 e. The molecule has 3 rings (SSSR count). The molecule has 1 aromatic rings. The van der Waals surface area contributed by atoms with E-state index in [2.05, 4.69) is 24.4 Å². The lowest BCUT2D eigenvalue weighted by Gasteiger charge is -2.61. The first-order valence-electron chi connectivity index (χ1n) is 12.9. The first-order chi connectivity index (χ1) is 15.7. The first-order valence-corrected chi connectivity index (χ1v) is 12.9. The molecule has 0 aliphatic carbocycles. The number of nitrogens with zero attached hydrogens (tertiary/aromatic N) is 2. The summed E-state index contributed by atoms with van der Waals surface area (Å²) in [5.74, 6) is 0. The topological polar surface area (TPSA) is 61.9 Å². The molecule has 2 fully saturated rings. The number of anilines is 1. The quantitative estimate of drug-likeness (QED) is 0.403. The number of benzene rings is 1. The normalized spacial score (nSPS) is 16.8. The SMILES string of the molecule is CCCCCCCCCCc1ccc(NC(=O)N2CCC23CN(C(=O)OC(C)(C)C)C3)cc1. The largest absolute Gasteiger partial charge is 0.444 e. The summed E-state index contributed by atoms with van der Waals surface area (Å²) in [6, 6.07) is 8.16. The minimum atomic E-state index is -0.503. The zero-order valence-corrected chi connectivity index (χ0v) is 21.1. The Kier molecular flexibility index (Phi) is 8.66. The van der Waals surface area contributed by atoms with Crippen LogP contribution in [0.5, 0.6) is 0 Å². The fourth-order valence-electron chi connectivity index (χ4n) is 4.71. The maximum absolute atomic E-state index is 12.8. The third kappa shape index (κ3) is 7.12. The molecule has 2 aliphatic heterocycles. The van der Waals surface area contributed by atoms with Crippen LogP contribution in [0, 0.1) is 0 Å². The summed E-state index contributed by atoms with van der Waals surface area (Å²) in [6.07, 6.45) is 12.4. The molecule has 33 heavy (non-hydrogen) atoms. The predicted octanol–water partition coefficient (Wildman–Crippen LogP) is 6.60. The Morgan fingerprint density at radius 3 is 2.12 bits per heavy atom. The van der Waals surface area contributed by atoms with Gasteiger partial charge in [0.05, 0.1) is 5.54 Å². The monoisotopic (exact) mass is 457 g/mol. The van der Waals surface area contributed by atoms with Crippen LogP contribution in [-0.2, 0) is 11.2 Å². The molecule has 0 unspecified atom stereocenters. The summed E-state index contributed by atoms with van der Waals surface area (Å²) in [7, 11) is 0. The molecule has 6 heteroatoms. The third-order valence-electron chi connectivity index (χ3n) is 6.76. The van der Waals surface area contributed by atoms with E-state index in [1.165, 1.54) is 56.9 Å². The maximum Gasteiger partial charge on any atom is 0.410 e. The molecule has 2 heterocycles. The van der Waals surface area contributed by atoms with Gasteiger partial charge in [-0.2, -0.15) is 0 Å². The number of urea groups is 1. The molecule has 6 nitrogen and oxygen atoms in total. The lowest BCUT2D eigenvalue weighted by molar-refractivity contribution is -0.0927. The number of likely N-dealkylation sites (tertiary alicyclic amines) is 2. The van der Waals surface area contributed by atoms with Crippen LogP contribution < -0.4 is 5.32 Å². The van der Waals surface area contributed by atoms with Crippen molar-refractivity contribution in [2.45, 2.75) is 103 Å². The van der Waals surface area contributed by atoms with Crippen molar-refractivity contribution in [1.82, 2.24) is 9.80 Å². The molecular weight excluding hydrogens is 414 g/mol. The number of amides is 3. The zero-order chi connectivity index (χ0) is 23.9. The first kappa shape index (κ1) is 25.4. The Hall–Kier alpha value is -2.24. The fraction of sp³-hybridized carbons (Fsp3) is 0.704. The molecule has 1 aromatic carbocycles. The molecule has 0 bridgehead atoms. The molecule has 0 radical (unpaired) electrons. The Morgan fingerprint density at radius 1 is 0.970 bits per heavy atom. The standard InChI is InChI=1S/C27H43N3O3/c1-5-6-7-8-9-10-11-12-13-22-14-16-23(17-15-22)28-24(31)30-19-18-27(30)20-29(21-27)25(32)33-26(2,3)4/h14-17H,5-13,18-21H2,1-4H3,(H,28,31). The average molecular weight is 458 g/mol. The average Bonchev–Trinajstić information content (AvgIpc) is 2.68. The highest BCUT2D eigenvalue weighted by Gasteiger charge is 2.57. The van der Waals surface area contributed by atoms with E-state index in [1.54, 1.807) is 4.90 Å². The summed E-state index contributed by atoms with van der Waals surface area (Å²) in [5.41, 5.74) is 1.42. The van der Waals surface area contributed by atoms with E-state index in [1.807, 2.05) is 37.8 Å². The van der Waals surface area contributed by atoms with Crippen LogP contribution in [0.4, 0.5) is 15.3 Å². The summed E-state index contributed by atoms with van der Waals surface area (Å²) < 4.78 is 5.44. The van der Waals surface area contributed by atoms with Crippen molar-refractivity contribution in [3.05, 3.63) is 29.8 Å². The van der Waals surface area contributed by atoms with Crippen molar-refractivity contribution in [3.63, 3.8) is 0 Å². The van der Waals surface area contributed by atoms with Crippen molar-refractivity contribution in [1.29, 1.82) is 0 Å². The van der Waals surface area contributed by atoms with Gasteiger partial charge in [-0.25, -0.2) is 9.59 Å². The van der Waals surface area contributed by atoms with Gasteiger partial charge in [-0.15, -0.1) is 0 Å². The van der Waals surface area contributed by atoms with E-state index in [9.17, 15) is 9.59 Å². The second-order valence-electron chi connectivity index (χ2n) is 10.8. The number of hydrogen-bond donors (Lipinski definition) is 1. The van der Waals surface area contributed by atoms with E-state index in [4.69, 9.17) is 4.74 Å². The smallest absolute Gasteiger partial charge is 0.410 e. The number of aryl methyl sites for hydroxylation is 1. The molecular formula is C27H43N3O3. The minimum absolute atomic E-state index is 0.0825. The predicted molar refractivity (Wildman–Crippen MR) is 134 cm³/mol. The highest BCUT2D eigenvalue weighted by molar-refractivity contribution is 5.91. The number of carbonyl (C=O) groups excluding carboxylic acids is 2. The Balaban J connectivity index is 1.36. The highest BCUT2D eigenvalue weighted by Crippen LogP contribution is 2.40. The highest BCUT2D eigenvalue weighted by atomic mass is 16.6. The van der Waals surface area contributed by atoms with E-state index >= 15 is 0 Å². The Morgan fingerprint density at radius 2 is 1.58 bits per heavy atom. The van der Waals surface area contributed by atoms with Gasteiger partial charge in [0.1, 0.15) is 5.60 Å². The van der Waals surface area contributed by atoms with Crippen molar-refractivity contribution in [2.75, 3.05) is 25.0 Å². The van der Waals surface area contributed by atoms with E-state index < -0.39 is 5.60 Å². The van der Waals surface area contributed by atoms with Crippen LogP contribution in [0.1, 0.15) is 91.0 Å². The molecule has 0 aromatic heterocycles. The third-order valence-corrected chi connectivity index (χ3v) is 6.76. The van der Waals surface area contributed by atoms with E-state index in [0.717, 1.165) is 25.1 Å². The molecule has 184 valence electrons. The van der Waals surface area contributed by atoms with Gasteiger partial charge in [-0.1, -0.05) is 64.0 Å². The molecule has 1 N–H and O–H groups in total. The molecule has 2 aliphatic rings. The maximum atomic E-state index is 12.8. The zero-order valence-electron chi connectivity index (χ0n) is 21.1. The number of unbranched alkanes of at least 4 members (excludes halogenated alkanes) is 7. The summed E-state index contributed by atoms with van der Waals surface area (Å²) in [5, 5.41) is 3.03. The molecule has 0 saturated carbocycles. The number of hydrogen-bond acceptors (Lipinski definition) is 3. The summed E-state index contributed by atoms with van der Waals surface area (Å²) >= 11 is 0. The van der Waals surface area contributed by atoms with Crippen LogP contribution in [0.15, 0.2) is 24.3 Å². The number of rotatable bonds is 10. The number of nitrogens with one attached hydrogen (secondary N) is 1. The van der Waals surface area contributed by atoms with E-state index in [-0.39, 0.29) is 17.7 Å². The number of ether oxygens (including phenoxy) is 1. The van der Waals surface area contributed by atoms with Crippen molar-refractivity contribution in [2.24, 2.45) is 0 Å². The van der Waals surface area contributed by atoms with Crippen LogP contribution >= 0.6 is 0 Å². The molecule has 1 spiro atoms. The molecule has 0 atom stereocenters. The van der Waals surface area contributed by atoms with Gasteiger partial charge in [0.25, 0.3) is 0 Å². The number of carbonyl (C=O) groups is 2. The van der Waals surface area contributed by atoms with Crippen LogP contribution in [0.2, 0.25) is 0 Å². The Bertz CT molecular complexity index is 779. The summed E-state index contributed by atoms with van der Waals surface area (Å²) in [4.78, 5) is 28.6. The van der Waals surface area contributed by atoms with Gasteiger partial charge in [-0.3, -0.25) is 0 Å². The fourth-order valence-corrected chi connectivity index (χ4v) is 4.71. The molecule has 3 amide bonds. The lowest BCUT2D eigenvalue weighted by atomic mass is 9.78. The van der Waals surface area contributed by atoms with Gasteiger partial charge < -0.3 is 19.9 Å². The van der Waals surface area contributed by atoms with E-state index in [0.29, 0.717) is 13.1 Å². The van der Waals surface area contributed by atoms with Gasteiger partial charge in [0, 0.05) is 25.3 Å². The van der Waals surface area contributed by atoms with Gasteiger partial charge >= 0.3 is 12.1 Å². The molecule has 2 saturated heterocycles. The van der Waals surface area contributed by atoms with Crippen LogP contribution in [0.3, 0.4) is 0 Å². The van der Waals surface area contributed by atoms with Crippen molar-refractivity contribution < 1.29 is 14.3 Å².